The van der Waals surface area contributed by atoms with E-state index in [9.17, 15) is 34.8 Å². The third-order valence-electron chi connectivity index (χ3n) is 11.1. The van der Waals surface area contributed by atoms with Gasteiger partial charge in [0, 0.05) is 31.3 Å². The Morgan fingerprint density at radius 2 is 1.71 bits per heavy atom. The Labute approximate surface area is 246 Å². The molecule has 0 radical (unpaired) electrons. The Kier molecular flexibility index (Phi) is 6.85. The number of ketones is 3. The van der Waals surface area contributed by atoms with Crippen molar-refractivity contribution in [2.45, 2.75) is 69.9 Å². The lowest BCUT2D eigenvalue weighted by molar-refractivity contribution is -0.153. The minimum atomic E-state index is -2.55. The number of aryl methyl sites for hydroxylation is 1. The summed E-state index contributed by atoms with van der Waals surface area (Å²) in [6.07, 6.45) is 7.10. The number of hydrogen-bond acceptors (Lipinski definition) is 9. The van der Waals surface area contributed by atoms with Crippen molar-refractivity contribution >= 4 is 28.8 Å². The maximum Gasteiger partial charge on any atom is 0.202 e. The van der Waals surface area contributed by atoms with E-state index in [0.29, 0.717) is 24.0 Å². The van der Waals surface area contributed by atoms with E-state index < -0.39 is 57.9 Å². The first kappa shape index (κ1) is 28.9. The Hall–Kier alpha value is -3.17. The summed E-state index contributed by atoms with van der Waals surface area (Å²) in [7, 11) is 7.06. The molecule has 6 atom stereocenters. The molecule has 1 aromatic carbocycles. The average Bonchev–Trinajstić information content (AvgIpc) is 3.54. The first-order valence-electron chi connectivity index (χ1n) is 15.2. The summed E-state index contributed by atoms with van der Waals surface area (Å²) in [5.41, 5.74) is -0.788. The van der Waals surface area contributed by atoms with Crippen LogP contribution in [0.3, 0.4) is 0 Å². The van der Waals surface area contributed by atoms with Crippen LogP contribution >= 0.6 is 0 Å². The molecule has 4 fully saturated rings. The normalized spacial score (nSPS) is 33.4. The molecule has 226 valence electrons. The molecule has 0 aromatic heterocycles. The van der Waals surface area contributed by atoms with Crippen LogP contribution < -0.4 is 4.90 Å². The summed E-state index contributed by atoms with van der Waals surface area (Å²) >= 11 is 0. The summed E-state index contributed by atoms with van der Waals surface area (Å²) in [4.78, 5) is 43.4. The topological polar surface area (TPSA) is 139 Å². The largest absolute Gasteiger partial charge is 0.508 e. The molecule has 0 amide bonds. The van der Waals surface area contributed by atoms with Crippen molar-refractivity contribution in [3.8, 4) is 5.75 Å². The van der Waals surface area contributed by atoms with Gasteiger partial charge in [-0.1, -0.05) is 0 Å². The van der Waals surface area contributed by atoms with Crippen LogP contribution in [-0.2, 0) is 27.2 Å². The maximum absolute atomic E-state index is 14.2. The highest BCUT2D eigenvalue weighted by atomic mass is 16.3. The van der Waals surface area contributed by atoms with Crippen LogP contribution in [0.15, 0.2) is 23.0 Å². The minimum absolute atomic E-state index is 0.0632. The van der Waals surface area contributed by atoms with Gasteiger partial charge in [0.15, 0.2) is 17.2 Å². The standard InChI is InChI=1S/C33H42N2O7/c1-15(36)24-30(39)27(35(4)5)22-13-19-12-21-23(34(2)3)14-18(7-6-8-20-16-9-10-17(20)11-16)28(37)26(21)29(38)25(19)32(41)33(22,42)31(24)40/h14,16-17,19-20,22,27,37-38,40,42H,6-13H2,1-5H3/t16?,17?,19-,20?,22-,27-,33+/m0/s1. The Balaban J connectivity index is 1.43. The molecule has 4 N–H and O–H groups in total. The zero-order valence-corrected chi connectivity index (χ0v) is 25.1. The van der Waals surface area contributed by atoms with Crippen molar-refractivity contribution in [1.29, 1.82) is 0 Å². The zero-order chi connectivity index (χ0) is 30.4. The molecule has 1 aromatic rings. The zero-order valence-electron chi connectivity index (χ0n) is 25.1. The molecule has 9 nitrogen and oxygen atoms in total. The molecule has 0 spiro atoms. The number of fused-ring (bicyclic) bond motifs is 4. The van der Waals surface area contributed by atoms with Crippen molar-refractivity contribution in [1.82, 2.24) is 4.90 Å². The van der Waals surface area contributed by atoms with Crippen LogP contribution in [0.25, 0.3) is 5.76 Å². The third kappa shape index (κ3) is 3.92. The summed E-state index contributed by atoms with van der Waals surface area (Å²) < 4.78 is 0. The summed E-state index contributed by atoms with van der Waals surface area (Å²) in [6.45, 7) is 1.11. The smallest absolute Gasteiger partial charge is 0.202 e. The number of rotatable bonds is 7. The molecular weight excluding hydrogens is 536 g/mol. The number of aromatic hydroxyl groups is 1. The van der Waals surface area contributed by atoms with E-state index in [1.54, 1.807) is 19.0 Å². The number of carbonyl (C=O) groups is 3. The first-order valence-corrected chi connectivity index (χ1v) is 15.2. The second-order valence-corrected chi connectivity index (χ2v) is 13.7. The van der Waals surface area contributed by atoms with E-state index in [2.05, 4.69) is 0 Å². The molecule has 0 saturated heterocycles. The number of anilines is 1. The molecule has 42 heavy (non-hydrogen) atoms. The number of phenolic OH excluding ortho intramolecular Hbond substituents is 1. The lowest BCUT2D eigenvalue weighted by Crippen LogP contribution is -2.65. The number of likely N-dealkylation sites (N-methyl/N-ethyl adjacent to an activating group) is 1. The lowest BCUT2D eigenvalue weighted by atomic mass is 9.57. The average molecular weight is 579 g/mol. The first-order chi connectivity index (χ1) is 19.8. The van der Waals surface area contributed by atoms with Crippen LogP contribution in [0.1, 0.15) is 62.1 Å². The van der Waals surface area contributed by atoms with Gasteiger partial charge in [0.2, 0.25) is 5.78 Å². The Bertz CT molecular complexity index is 1440. The van der Waals surface area contributed by atoms with Crippen LogP contribution in [0.4, 0.5) is 5.69 Å². The number of nitrogens with zero attached hydrogens (tertiary/aromatic N) is 2. The summed E-state index contributed by atoms with van der Waals surface area (Å²) in [5.74, 6) is -2.86. The van der Waals surface area contributed by atoms with Crippen LogP contribution in [0, 0.1) is 29.6 Å². The van der Waals surface area contributed by atoms with Crippen molar-refractivity contribution in [2.24, 2.45) is 29.6 Å². The molecule has 2 unspecified atom stereocenters. The van der Waals surface area contributed by atoms with Crippen molar-refractivity contribution in [3.05, 3.63) is 39.7 Å². The molecular formula is C33H42N2O7. The fourth-order valence-corrected chi connectivity index (χ4v) is 9.06. The van der Waals surface area contributed by atoms with Gasteiger partial charge in [-0.25, -0.2) is 0 Å². The minimum Gasteiger partial charge on any atom is -0.508 e. The lowest BCUT2D eigenvalue weighted by Gasteiger charge is -2.50. The highest BCUT2D eigenvalue weighted by Crippen LogP contribution is 2.56. The molecule has 0 heterocycles. The van der Waals surface area contributed by atoms with Gasteiger partial charge in [-0.05, 0) is 113 Å². The van der Waals surface area contributed by atoms with Gasteiger partial charge < -0.3 is 25.3 Å². The Morgan fingerprint density at radius 1 is 1.05 bits per heavy atom. The van der Waals surface area contributed by atoms with E-state index in [0.717, 1.165) is 43.2 Å². The quantitative estimate of drug-likeness (QED) is 0.358. The fourth-order valence-electron chi connectivity index (χ4n) is 9.06. The molecule has 6 aliphatic rings. The molecule has 2 bridgehead atoms. The SMILES string of the molecule is CC(=O)C1=C(O)[C@@]2(O)C(=O)C3=C(O)c4c(O)c(CCCC5C6CCC5C6)cc(N(C)C)c4C[C@H]3C[C@H]2[C@H](N(C)C)C1=O. The Morgan fingerprint density at radius 3 is 2.29 bits per heavy atom. The van der Waals surface area contributed by atoms with Crippen LogP contribution in [0.5, 0.6) is 5.75 Å². The second kappa shape index (κ2) is 9.95. The van der Waals surface area contributed by atoms with E-state index in [1.807, 2.05) is 25.1 Å². The monoisotopic (exact) mass is 578 g/mol. The third-order valence-corrected chi connectivity index (χ3v) is 11.1. The molecule has 9 heteroatoms. The van der Waals surface area contributed by atoms with Crippen LogP contribution in [0.2, 0.25) is 0 Å². The molecule has 0 aliphatic heterocycles. The van der Waals surface area contributed by atoms with Gasteiger partial charge in [0.05, 0.1) is 11.6 Å². The number of hydrogen-bond donors (Lipinski definition) is 4. The number of Topliss-reactive ketones (excluding diaryl/α,β-unsaturated/α-hetero) is 3. The highest BCUT2D eigenvalue weighted by Gasteiger charge is 2.64. The van der Waals surface area contributed by atoms with E-state index in [1.165, 1.54) is 19.3 Å². The van der Waals surface area contributed by atoms with Gasteiger partial charge in [-0.15, -0.1) is 0 Å². The number of carbonyl (C=O) groups excluding carboxylic acids is 3. The number of aliphatic hydroxyl groups is 3. The fraction of sp³-hybridized carbons (Fsp3) is 0.606. The van der Waals surface area contributed by atoms with Gasteiger partial charge in [-0.3, -0.25) is 19.3 Å². The van der Waals surface area contributed by atoms with Crippen LogP contribution in [-0.4, -0.2) is 82.5 Å². The van der Waals surface area contributed by atoms with Crippen molar-refractivity contribution < 1.29 is 34.8 Å². The van der Waals surface area contributed by atoms with Gasteiger partial charge in [-0.2, -0.15) is 0 Å². The summed E-state index contributed by atoms with van der Waals surface area (Å²) in [6, 6.07) is 0.956. The molecule has 4 saturated carbocycles. The van der Waals surface area contributed by atoms with Crippen molar-refractivity contribution in [2.75, 3.05) is 33.1 Å². The van der Waals surface area contributed by atoms with E-state index in [-0.39, 0.29) is 23.3 Å². The van der Waals surface area contributed by atoms with Crippen molar-refractivity contribution in [3.63, 3.8) is 0 Å². The second-order valence-electron chi connectivity index (χ2n) is 13.7. The van der Waals surface area contributed by atoms with Gasteiger partial charge >= 0.3 is 0 Å². The predicted octanol–water partition coefficient (Wildman–Crippen LogP) is 3.50. The van der Waals surface area contributed by atoms with Gasteiger partial charge in [0.25, 0.3) is 0 Å². The molecule has 6 aliphatic carbocycles. The summed E-state index contributed by atoms with van der Waals surface area (Å²) in [5, 5.41) is 46.2. The number of benzene rings is 1. The highest BCUT2D eigenvalue weighted by molar-refractivity contribution is 6.25. The van der Waals surface area contributed by atoms with Gasteiger partial charge in [0.1, 0.15) is 22.8 Å². The number of aliphatic hydroxyl groups excluding tert-OH is 2. The predicted molar refractivity (Wildman–Crippen MR) is 157 cm³/mol. The molecule has 7 rings (SSSR count). The maximum atomic E-state index is 14.2. The van der Waals surface area contributed by atoms with E-state index in [4.69, 9.17) is 0 Å². The van der Waals surface area contributed by atoms with E-state index >= 15 is 0 Å². The number of phenols is 1.